The summed E-state index contributed by atoms with van der Waals surface area (Å²) in [5, 5.41) is 8.82. The monoisotopic (exact) mass is 298 g/mol. The standard InChI is InChI=1S/C11H11BrN2O3/c12-7-4-10(15)14(5-7)9-2-1-6(11(16)17)3-8(9)13/h1-3,7H,4-5,13H2,(H,16,17). The number of carbonyl (C=O) groups excluding carboxylic acids is 1. The molecule has 3 N–H and O–H groups in total. The second-order valence-electron chi connectivity index (χ2n) is 3.88. The van der Waals surface area contributed by atoms with E-state index in [1.54, 1.807) is 11.0 Å². The van der Waals surface area contributed by atoms with Gasteiger partial charge in [-0.05, 0) is 18.2 Å². The molecule has 0 radical (unpaired) electrons. The molecular formula is C11H11BrN2O3. The first-order valence-electron chi connectivity index (χ1n) is 5.06. The van der Waals surface area contributed by atoms with Crippen molar-refractivity contribution in [1.29, 1.82) is 0 Å². The summed E-state index contributed by atoms with van der Waals surface area (Å²) in [6.07, 6.45) is 0.431. The first-order chi connectivity index (χ1) is 7.99. The van der Waals surface area contributed by atoms with Crippen LogP contribution in [-0.2, 0) is 4.79 Å². The van der Waals surface area contributed by atoms with E-state index in [2.05, 4.69) is 15.9 Å². The molecule has 0 saturated carbocycles. The number of alkyl halides is 1. The lowest BCUT2D eigenvalue weighted by molar-refractivity contribution is -0.117. The number of amides is 1. The highest BCUT2D eigenvalue weighted by molar-refractivity contribution is 9.09. The second-order valence-corrected chi connectivity index (χ2v) is 5.18. The number of carbonyl (C=O) groups is 2. The minimum absolute atomic E-state index is 0.0124. The molecule has 1 aromatic rings. The van der Waals surface area contributed by atoms with Crippen molar-refractivity contribution in [3.63, 3.8) is 0 Å². The molecule has 1 unspecified atom stereocenters. The van der Waals surface area contributed by atoms with Crippen LogP contribution in [0.2, 0.25) is 0 Å². The van der Waals surface area contributed by atoms with Crippen molar-refractivity contribution in [3.05, 3.63) is 23.8 Å². The highest BCUT2D eigenvalue weighted by Crippen LogP contribution is 2.30. The number of carboxylic acids is 1. The number of hydrogen-bond acceptors (Lipinski definition) is 3. The van der Waals surface area contributed by atoms with Crippen LogP contribution in [0.4, 0.5) is 11.4 Å². The minimum Gasteiger partial charge on any atom is -0.478 e. The average Bonchev–Trinajstić information content (AvgIpc) is 2.57. The molecule has 1 amide bonds. The Hall–Kier alpha value is -1.56. The van der Waals surface area contributed by atoms with E-state index in [9.17, 15) is 9.59 Å². The molecular weight excluding hydrogens is 288 g/mol. The number of rotatable bonds is 2. The molecule has 0 aliphatic carbocycles. The van der Waals surface area contributed by atoms with Crippen molar-refractivity contribution in [3.8, 4) is 0 Å². The molecule has 1 saturated heterocycles. The molecule has 1 aliphatic rings. The van der Waals surface area contributed by atoms with Crippen LogP contribution >= 0.6 is 15.9 Å². The van der Waals surface area contributed by atoms with Crippen LogP contribution < -0.4 is 10.6 Å². The van der Waals surface area contributed by atoms with Crippen molar-refractivity contribution in [1.82, 2.24) is 0 Å². The average molecular weight is 299 g/mol. The van der Waals surface area contributed by atoms with Gasteiger partial charge in [-0.3, -0.25) is 4.79 Å². The topological polar surface area (TPSA) is 83.6 Å². The molecule has 2 rings (SSSR count). The molecule has 0 bridgehead atoms. The summed E-state index contributed by atoms with van der Waals surface area (Å²) in [7, 11) is 0. The zero-order chi connectivity index (χ0) is 12.6. The number of aromatic carboxylic acids is 1. The Morgan fingerprint density at radius 3 is 2.71 bits per heavy atom. The zero-order valence-corrected chi connectivity index (χ0v) is 10.5. The minimum atomic E-state index is -1.03. The summed E-state index contributed by atoms with van der Waals surface area (Å²) in [5.41, 5.74) is 6.77. The van der Waals surface area contributed by atoms with Gasteiger partial charge >= 0.3 is 5.97 Å². The second kappa shape index (κ2) is 4.37. The number of halogens is 1. The van der Waals surface area contributed by atoms with Crippen LogP contribution in [0.1, 0.15) is 16.8 Å². The molecule has 6 heteroatoms. The molecule has 5 nitrogen and oxygen atoms in total. The van der Waals surface area contributed by atoms with E-state index in [1.807, 2.05) is 0 Å². The van der Waals surface area contributed by atoms with Crippen LogP contribution in [0.15, 0.2) is 18.2 Å². The summed E-state index contributed by atoms with van der Waals surface area (Å²) >= 11 is 3.38. The fraction of sp³-hybridized carbons (Fsp3) is 0.273. The normalized spacial score (nSPS) is 19.7. The van der Waals surface area contributed by atoms with Crippen LogP contribution in [0.25, 0.3) is 0 Å². The quantitative estimate of drug-likeness (QED) is 0.640. The Labute approximate surface area is 106 Å². The molecule has 17 heavy (non-hydrogen) atoms. The Morgan fingerprint density at radius 1 is 1.53 bits per heavy atom. The maximum absolute atomic E-state index is 11.7. The molecule has 0 aromatic heterocycles. The smallest absolute Gasteiger partial charge is 0.335 e. The first kappa shape index (κ1) is 11.9. The van der Waals surface area contributed by atoms with Crippen molar-refractivity contribution >= 4 is 39.2 Å². The number of nitrogens with two attached hydrogens (primary N) is 1. The maximum atomic E-state index is 11.7. The van der Waals surface area contributed by atoms with Gasteiger partial charge in [0.2, 0.25) is 5.91 Å². The first-order valence-corrected chi connectivity index (χ1v) is 5.98. The van der Waals surface area contributed by atoms with Gasteiger partial charge in [0, 0.05) is 17.8 Å². The molecule has 1 fully saturated rings. The van der Waals surface area contributed by atoms with Gasteiger partial charge in [-0.2, -0.15) is 0 Å². The van der Waals surface area contributed by atoms with E-state index in [4.69, 9.17) is 10.8 Å². The Kier molecular flexibility index (Phi) is 3.06. The van der Waals surface area contributed by atoms with Gasteiger partial charge in [-0.25, -0.2) is 4.79 Å². The number of nitrogen functional groups attached to an aromatic ring is 1. The van der Waals surface area contributed by atoms with E-state index in [1.165, 1.54) is 12.1 Å². The van der Waals surface area contributed by atoms with Crippen LogP contribution in [0.5, 0.6) is 0 Å². The Balaban J connectivity index is 2.34. The third kappa shape index (κ3) is 2.26. The number of anilines is 2. The fourth-order valence-electron chi connectivity index (χ4n) is 1.83. The predicted octanol–water partition coefficient (Wildman–Crippen LogP) is 1.47. The van der Waals surface area contributed by atoms with Crippen LogP contribution in [-0.4, -0.2) is 28.4 Å². The Morgan fingerprint density at radius 2 is 2.24 bits per heavy atom. The van der Waals surface area contributed by atoms with E-state index in [0.29, 0.717) is 24.3 Å². The zero-order valence-electron chi connectivity index (χ0n) is 8.89. The van der Waals surface area contributed by atoms with Gasteiger partial charge < -0.3 is 15.7 Å². The largest absolute Gasteiger partial charge is 0.478 e. The molecule has 90 valence electrons. The number of hydrogen-bond donors (Lipinski definition) is 2. The van der Waals surface area contributed by atoms with Crippen molar-refractivity contribution in [2.24, 2.45) is 0 Å². The van der Waals surface area contributed by atoms with Gasteiger partial charge in [0.25, 0.3) is 0 Å². The third-order valence-corrected chi connectivity index (χ3v) is 3.26. The van der Waals surface area contributed by atoms with Crippen molar-refractivity contribution in [2.45, 2.75) is 11.2 Å². The third-order valence-electron chi connectivity index (χ3n) is 2.64. The summed E-state index contributed by atoms with van der Waals surface area (Å²) < 4.78 is 0. The summed E-state index contributed by atoms with van der Waals surface area (Å²) in [6.45, 7) is 0.551. The van der Waals surface area contributed by atoms with Gasteiger partial charge in [0.15, 0.2) is 0 Å². The molecule has 0 spiro atoms. The maximum Gasteiger partial charge on any atom is 0.335 e. The number of nitrogens with zero attached hydrogens (tertiary/aromatic N) is 1. The number of benzene rings is 1. The summed E-state index contributed by atoms with van der Waals surface area (Å²) in [4.78, 5) is 24.1. The van der Waals surface area contributed by atoms with Gasteiger partial charge in [0.1, 0.15) is 0 Å². The lowest BCUT2D eigenvalue weighted by atomic mass is 10.1. The summed E-state index contributed by atoms with van der Waals surface area (Å²) in [6, 6.07) is 4.39. The van der Waals surface area contributed by atoms with Gasteiger partial charge in [0.05, 0.1) is 16.9 Å². The molecule has 1 heterocycles. The van der Waals surface area contributed by atoms with Crippen LogP contribution in [0, 0.1) is 0 Å². The molecule has 1 aliphatic heterocycles. The van der Waals surface area contributed by atoms with E-state index < -0.39 is 5.97 Å². The lowest BCUT2D eigenvalue weighted by Gasteiger charge is -2.18. The molecule has 1 aromatic carbocycles. The van der Waals surface area contributed by atoms with Gasteiger partial charge in [-0.15, -0.1) is 0 Å². The molecule has 1 atom stereocenters. The van der Waals surface area contributed by atoms with Crippen molar-refractivity contribution < 1.29 is 14.7 Å². The van der Waals surface area contributed by atoms with Crippen LogP contribution in [0.3, 0.4) is 0 Å². The summed E-state index contributed by atoms with van der Waals surface area (Å²) in [5.74, 6) is -1.05. The van der Waals surface area contributed by atoms with Gasteiger partial charge in [-0.1, -0.05) is 15.9 Å². The van der Waals surface area contributed by atoms with E-state index >= 15 is 0 Å². The van der Waals surface area contributed by atoms with E-state index in [0.717, 1.165) is 0 Å². The fourth-order valence-corrected chi connectivity index (χ4v) is 2.40. The predicted molar refractivity (Wildman–Crippen MR) is 67.5 cm³/mol. The number of carboxylic acid groups (broad SMARTS) is 1. The lowest BCUT2D eigenvalue weighted by Crippen LogP contribution is -2.25. The van der Waals surface area contributed by atoms with E-state index in [-0.39, 0.29) is 16.3 Å². The highest BCUT2D eigenvalue weighted by Gasteiger charge is 2.29. The Bertz CT molecular complexity index is 490. The van der Waals surface area contributed by atoms with Crippen molar-refractivity contribution in [2.75, 3.05) is 17.2 Å². The highest BCUT2D eigenvalue weighted by atomic mass is 79.9. The SMILES string of the molecule is Nc1cc(C(=O)O)ccc1N1CC(Br)CC1=O.